The van der Waals surface area contributed by atoms with Gasteiger partial charge in [-0.05, 0) is 48.9 Å². The predicted molar refractivity (Wildman–Crippen MR) is 95.7 cm³/mol. The van der Waals surface area contributed by atoms with Crippen LogP contribution in [0, 0.1) is 6.92 Å². The average molecular weight is 323 g/mol. The fraction of sp³-hybridized carbons (Fsp3) is 0.400. The van der Waals surface area contributed by atoms with Crippen molar-refractivity contribution in [1.82, 2.24) is 15.2 Å². The van der Waals surface area contributed by atoms with Crippen molar-refractivity contribution in [3.8, 4) is 0 Å². The monoisotopic (exact) mass is 323 g/mol. The minimum Gasteiger partial charge on any atom is -0.351 e. The van der Waals surface area contributed by atoms with Gasteiger partial charge in [0.1, 0.15) is 0 Å². The molecule has 2 aromatic rings. The molecule has 1 aromatic carbocycles. The zero-order valence-corrected chi connectivity index (χ0v) is 14.4. The topological polar surface area (TPSA) is 45.2 Å². The average Bonchev–Trinajstić information content (AvgIpc) is 2.95. The highest BCUT2D eigenvalue weighted by Gasteiger charge is 2.31. The van der Waals surface area contributed by atoms with E-state index in [4.69, 9.17) is 0 Å². The maximum Gasteiger partial charge on any atom is 0.234 e. The zero-order chi connectivity index (χ0) is 16.9. The van der Waals surface area contributed by atoms with Crippen LogP contribution in [0.25, 0.3) is 0 Å². The minimum atomic E-state index is 0.0798. The number of rotatable bonds is 5. The normalized spacial score (nSPS) is 20.9. The molecule has 3 rings (SSSR count). The largest absolute Gasteiger partial charge is 0.351 e. The number of nitrogens with zero attached hydrogens (tertiary/aromatic N) is 2. The molecule has 0 saturated carbocycles. The molecule has 2 heterocycles. The Bertz CT molecular complexity index is 686. The second-order valence-corrected chi connectivity index (χ2v) is 6.71. The zero-order valence-electron chi connectivity index (χ0n) is 14.4. The van der Waals surface area contributed by atoms with Crippen LogP contribution in [0.15, 0.2) is 48.8 Å². The Morgan fingerprint density at radius 2 is 2.12 bits per heavy atom. The molecule has 1 saturated heterocycles. The number of pyridine rings is 1. The highest BCUT2D eigenvalue weighted by atomic mass is 16.2. The number of benzene rings is 1. The molecule has 0 radical (unpaired) electrons. The molecule has 1 aromatic heterocycles. The maximum atomic E-state index is 12.3. The van der Waals surface area contributed by atoms with Gasteiger partial charge in [0.15, 0.2) is 0 Å². The van der Waals surface area contributed by atoms with E-state index in [1.54, 1.807) is 12.4 Å². The van der Waals surface area contributed by atoms with Gasteiger partial charge in [-0.3, -0.25) is 14.7 Å². The number of aromatic nitrogens is 1. The van der Waals surface area contributed by atoms with Gasteiger partial charge in [0.25, 0.3) is 0 Å². The minimum absolute atomic E-state index is 0.0798. The second kappa shape index (κ2) is 7.58. The Hall–Kier alpha value is -2.20. The summed E-state index contributed by atoms with van der Waals surface area (Å²) in [6, 6.07) is 12.9. The van der Waals surface area contributed by atoms with Gasteiger partial charge >= 0.3 is 0 Å². The van der Waals surface area contributed by atoms with Crippen molar-refractivity contribution in [3.05, 3.63) is 65.5 Å². The third kappa shape index (κ3) is 4.01. The van der Waals surface area contributed by atoms with Gasteiger partial charge in [0.2, 0.25) is 5.91 Å². The number of carbonyl (C=O) groups is 1. The van der Waals surface area contributed by atoms with E-state index in [-0.39, 0.29) is 5.91 Å². The van der Waals surface area contributed by atoms with E-state index in [2.05, 4.69) is 53.3 Å². The predicted octanol–water partition coefficient (Wildman–Crippen LogP) is 2.88. The number of nitrogens with one attached hydrogen (secondary N) is 1. The van der Waals surface area contributed by atoms with Crippen LogP contribution in [0.4, 0.5) is 0 Å². The highest BCUT2D eigenvalue weighted by molar-refractivity contribution is 5.78. The van der Waals surface area contributed by atoms with Gasteiger partial charge in [-0.2, -0.15) is 0 Å². The lowest BCUT2D eigenvalue weighted by Crippen LogP contribution is -2.38. The van der Waals surface area contributed by atoms with Crippen LogP contribution < -0.4 is 5.32 Å². The van der Waals surface area contributed by atoms with Gasteiger partial charge in [0.05, 0.1) is 6.54 Å². The summed E-state index contributed by atoms with van der Waals surface area (Å²) in [6.07, 6.45) is 4.64. The summed E-state index contributed by atoms with van der Waals surface area (Å²) in [6.45, 7) is 6.34. The van der Waals surface area contributed by atoms with E-state index >= 15 is 0 Å². The summed E-state index contributed by atoms with van der Waals surface area (Å²) < 4.78 is 0. The summed E-state index contributed by atoms with van der Waals surface area (Å²) in [5.41, 5.74) is 3.79. The first-order valence-electron chi connectivity index (χ1n) is 8.58. The third-order valence-corrected chi connectivity index (χ3v) is 4.89. The quantitative estimate of drug-likeness (QED) is 0.920. The van der Waals surface area contributed by atoms with E-state index in [1.807, 2.05) is 12.1 Å². The van der Waals surface area contributed by atoms with Gasteiger partial charge < -0.3 is 5.32 Å². The standard InChI is InChI=1S/C20H25N3O/c1-15-6-3-4-8-19(15)18-10-16(2)23(13-18)14-20(24)22-12-17-7-5-9-21-11-17/h3-9,11,16,18H,10,12-14H2,1-2H3,(H,22,24). The molecule has 126 valence electrons. The van der Waals surface area contributed by atoms with Crippen molar-refractivity contribution in [1.29, 1.82) is 0 Å². The van der Waals surface area contributed by atoms with Crippen molar-refractivity contribution in [3.63, 3.8) is 0 Å². The fourth-order valence-electron chi connectivity index (χ4n) is 3.53. The molecule has 2 unspecified atom stereocenters. The lowest BCUT2D eigenvalue weighted by Gasteiger charge is -2.20. The van der Waals surface area contributed by atoms with Crippen molar-refractivity contribution in [2.75, 3.05) is 13.1 Å². The van der Waals surface area contributed by atoms with Gasteiger partial charge in [-0.15, -0.1) is 0 Å². The maximum absolute atomic E-state index is 12.3. The van der Waals surface area contributed by atoms with Crippen LogP contribution in [0.2, 0.25) is 0 Å². The Morgan fingerprint density at radius 3 is 2.88 bits per heavy atom. The van der Waals surface area contributed by atoms with Crippen LogP contribution in [0.1, 0.15) is 36.0 Å². The molecular formula is C20H25N3O. The number of aryl methyl sites for hydroxylation is 1. The van der Waals surface area contributed by atoms with Crippen molar-refractivity contribution >= 4 is 5.91 Å². The van der Waals surface area contributed by atoms with Gasteiger partial charge in [0, 0.05) is 31.5 Å². The van der Waals surface area contributed by atoms with Gasteiger partial charge in [-0.1, -0.05) is 30.3 Å². The van der Waals surface area contributed by atoms with Crippen molar-refractivity contribution in [2.45, 2.75) is 38.8 Å². The molecule has 1 aliphatic rings. The van der Waals surface area contributed by atoms with Crippen LogP contribution in [-0.2, 0) is 11.3 Å². The number of amides is 1. The molecule has 0 aliphatic carbocycles. The lowest BCUT2D eigenvalue weighted by molar-refractivity contribution is -0.122. The SMILES string of the molecule is Cc1ccccc1C1CC(C)N(CC(=O)NCc2cccnc2)C1. The van der Waals surface area contributed by atoms with E-state index < -0.39 is 0 Å². The molecule has 0 spiro atoms. The molecule has 0 bridgehead atoms. The summed E-state index contributed by atoms with van der Waals surface area (Å²) in [7, 11) is 0. The summed E-state index contributed by atoms with van der Waals surface area (Å²) in [4.78, 5) is 18.6. The van der Waals surface area contributed by atoms with Crippen LogP contribution in [0.5, 0.6) is 0 Å². The Morgan fingerprint density at radius 1 is 1.29 bits per heavy atom. The van der Waals surface area contributed by atoms with E-state index in [0.717, 1.165) is 18.5 Å². The smallest absolute Gasteiger partial charge is 0.234 e. The Kier molecular flexibility index (Phi) is 5.26. The van der Waals surface area contributed by atoms with Crippen molar-refractivity contribution in [2.24, 2.45) is 0 Å². The van der Waals surface area contributed by atoms with Crippen LogP contribution in [0.3, 0.4) is 0 Å². The lowest BCUT2D eigenvalue weighted by atomic mass is 9.93. The molecule has 4 heteroatoms. The fourth-order valence-corrected chi connectivity index (χ4v) is 3.53. The summed E-state index contributed by atoms with van der Waals surface area (Å²) in [5.74, 6) is 0.600. The first-order chi connectivity index (χ1) is 11.6. The van der Waals surface area contributed by atoms with E-state index in [0.29, 0.717) is 25.0 Å². The summed E-state index contributed by atoms with van der Waals surface area (Å²) >= 11 is 0. The van der Waals surface area contributed by atoms with Crippen LogP contribution >= 0.6 is 0 Å². The van der Waals surface area contributed by atoms with E-state index in [1.165, 1.54) is 11.1 Å². The summed E-state index contributed by atoms with van der Waals surface area (Å²) in [5, 5.41) is 2.99. The van der Waals surface area contributed by atoms with Crippen molar-refractivity contribution < 1.29 is 4.79 Å². The third-order valence-electron chi connectivity index (χ3n) is 4.89. The molecular weight excluding hydrogens is 298 g/mol. The van der Waals surface area contributed by atoms with E-state index in [9.17, 15) is 4.79 Å². The van der Waals surface area contributed by atoms with Crippen LogP contribution in [-0.4, -0.2) is 34.9 Å². The van der Waals surface area contributed by atoms with Gasteiger partial charge in [-0.25, -0.2) is 0 Å². The molecule has 2 atom stereocenters. The molecule has 24 heavy (non-hydrogen) atoms. The highest BCUT2D eigenvalue weighted by Crippen LogP contribution is 2.32. The molecule has 4 nitrogen and oxygen atoms in total. The molecule has 1 N–H and O–H groups in total. The Balaban J connectivity index is 1.54. The molecule has 1 amide bonds. The Labute approximate surface area is 143 Å². The number of likely N-dealkylation sites (tertiary alicyclic amines) is 1. The number of hydrogen-bond acceptors (Lipinski definition) is 3. The number of hydrogen-bond donors (Lipinski definition) is 1. The first kappa shape index (κ1) is 16.7. The second-order valence-electron chi connectivity index (χ2n) is 6.71. The number of carbonyl (C=O) groups excluding carboxylic acids is 1. The molecule has 1 aliphatic heterocycles. The molecule has 1 fully saturated rings. The first-order valence-corrected chi connectivity index (χ1v) is 8.58.